The second kappa shape index (κ2) is 4.76. The molecule has 0 saturated carbocycles. The van der Waals surface area contributed by atoms with Crippen LogP contribution in [0.2, 0.25) is 0 Å². The lowest BCUT2D eigenvalue weighted by atomic mass is 10.2. The first-order valence-electron chi connectivity index (χ1n) is 6.03. The molecule has 2 rings (SSSR count). The number of hydrogen-bond acceptors (Lipinski definition) is 1. The van der Waals surface area contributed by atoms with E-state index >= 15 is 0 Å². The normalized spacial score (nSPS) is 10.8. The van der Waals surface area contributed by atoms with Gasteiger partial charge in [-0.05, 0) is 51.6 Å². The second-order valence-electron chi connectivity index (χ2n) is 4.60. The molecule has 0 spiro atoms. The summed E-state index contributed by atoms with van der Waals surface area (Å²) in [6, 6.07) is 10.9. The first-order valence-corrected chi connectivity index (χ1v) is 6.03. The van der Waals surface area contributed by atoms with Crippen molar-refractivity contribution < 1.29 is 0 Å². The van der Waals surface area contributed by atoms with E-state index in [9.17, 15) is 0 Å². The first kappa shape index (κ1) is 11.9. The quantitative estimate of drug-likeness (QED) is 0.854. The molecular formula is C15H20N2. The third-order valence-corrected chi connectivity index (χ3v) is 3.20. The molecule has 2 aromatic rings. The molecule has 1 aromatic carbocycles. The maximum absolute atomic E-state index is 3.21. The average Bonchev–Trinajstić information content (AvgIpc) is 2.57. The first-order chi connectivity index (χ1) is 8.13. The number of aryl methyl sites for hydroxylation is 2. The van der Waals surface area contributed by atoms with Gasteiger partial charge < -0.3 is 9.88 Å². The predicted octanol–water partition coefficient (Wildman–Crippen LogP) is 3.12. The Morgan fingerprint density at radius 3 is 2.29 bits per heavy atom. The molecule has 0 fully saturated rings. The summed E-state index contributed by atoms with van der Waals surface area (Å²) in [4.78, 5) is 0. The van der Waals surface area contributed by atoms with E-state index in [0.29, 0.717) is 0 Å². The maximum atomic E-state index is 3.21. The summed E-state index contributed by atoms with van der Waals surface area (Å²) in [5, 5.41) is 3.21. The second-order valence-corrected chi connectivity index (χ2v) is 4.60. The predicted molar refractivity (Wildman–Crippen MR) is 72.7 cm³/mol. The van der Waals surface area contributed by atoms with Crippen LogP contribution in [0, 0.1) is 20.8 Å². The van der Waals surface area contributed by atoms with Crippen LogP contribution >= 0.6 is 0 Å². The van der Waals surface area contributed by atoms with Crippen LogP contribution in [0.25, 0.3) is 5.69 Å². The fourth-order valence-corrected chi connectivity index (χ4v) is 2.29. The minimum absolute atomic E-state index is 0.922. The zero-order chi connectivity index (χ0) is 12.4. The van der Waals surface area contributed by atoms with Crippen molar-refractivity contribution in [2.24, 2.45) is 0 Å². The Balaban J connectivity index is 2.48. The van der Waals surface area contributed by atoms with Crippen molar-refractivity contribution in [3.05, 3.63) is 52.8 Å². The van der Waals surface area contributed by atoms with E-state index in [1.54, 1.807) is 0 Å². The van der Waals surface area contributed by atoms with Gasteiger partial charge in [0.1, 0.15) is 0 Å². The van der Waals surface area contributed by atoms with Crippen molar-refractivity contribution in [3.63, 3.8) is 0 Å². The Bertz CT molecular complexity index is 506. The van der Waals surface area contributed by atoms with Gasteiger partial charge in [0.05, 0.1) is 0 Å². The summed E-state index contributed by atoms with van der Waals surface area (Å²) in [6.45, 7) is 7.38. The largest absolute Gasteiger partial charge is 0.318 e. The van der Waals surface area contributed by atoms with Crippen LogP contribution in [0.3, 0.4) is 0 Å². The molecule has 0 atom stereocenters. The van der Waals surface area contributed by atoms with Crippen molar-refractivity contribution >= 4 is 0 Å². The number of nitrogens with zero attached hydrogens (tertiary/aromatic N) is 1. The van der Waals surface area contributed by atoms with E-state index in [4.69, 9.17) is 0 Å². The highest BCUT2D eigenvalue weighted by molar-refractivity contribution is 5.42. The lowest BCUT2D eigenvalue weighted by Gasteiger charge is -2.10. The van der Waals surface area contributed by atoms with Crippen LogP contribution in [0.15, 0.2) is 30.3 Å². The van der Waals surface area contributed by atoms with Gasteiger partial charge in [0.25, 0.3) is 0 Å². The van der Waals surface area contributed by atoms with Crippen molar-refractivity contribution in [3.8, 4) is 5.69 Å². The molecule has 0 saturated heterocycles. The molecule has 0 bridgehead atoms. The SMILES string of the molecule is CNCc1cc(C)n(-c2ccc(C)cc2)c1C. The molecule has 0 unspecified atom stereocenters. The number of aromatic nitrogens is 1. The molecular weight excluding hydrogens is 208 g/mol. The smallest absolute Gasteiger partial charge is 0.0455 e. The molecule has 0 aliphatic carbocycles. The van der Waals surface area contributed by atoms with Gasteiger partial charge in [-0.3, -0.25) is 0 Å². The highest BCUT2D eigenvalue weighted by Crippen LogP contribution is 2.20. The Hall–Kier alpha value is -1.54. The Morgan fingerprint density at radius 1 is 1.06 bits per heavy atom. The van der Waals surface area contributed by atoms with Crippen molar-refractivity contribution in [1.29, 1.82) is 0 Å². The van der Waals surface area contributed by atoms with Gasteiger partial charge in [0.15, 0.2) is 0 Å². The Labute approximate surface area is 103 Å². The topological polar surface area (TPSA) is 17.0 Å². The van der Waals surface area contributed by atoms with Gasteiger partial charge in [-0.25, -0.2) is 0 Å². The average molecular weight is 228 g/mol. The van der Waals surface area contributed by atoms with Gasteiger partial charge in [-0.2, -0.15) is 0 Å². The highest BCUT2D eigenvalue weighted by atomic mass is 15.0. The molecule has 0 radical (unpaired) electrons. The van der Waals surface area contributed by atoms with E-state index in [-0.39, 0.29) is 0 Å². The van der Waals surface area contributed by atoms with Crippen LogP contribution < -0.4 is 5.32 Å². The Kier molecular flexibility index (Phi) is 3.34. The van der Waals surface area contributed by atoms with Crippen molar-refractivity contribution in [2.45, 2.75) is 27.3 Å². The summed E-state index contributed by atoms with van der Waals surface area (Å²) in [7, 11) is 1.98. The van der Waals surface area contributed by atoms with E-state index in [0.717, 1.165) is 6.54 Å². The van der Waals surface area contributed by atoms with Gasteiger partial charge >= 0.3 is 0 Å². The zero-order valence-electron chi connectivity index (χ0n) is 11.0. The van der Waals surface area contributed by atoms with Crippen molar-refractivity contribution in [2.75, 3.05) is 7.05 Å². The molecule has 90 valence electrons. The van der Waals surface area contributed by atoms with E-state index < -0.39 is 0 Å². The maximum Gasteiger partial charge on any atom is 0.0455 e. The summed E-state index contributed by atoms with van der Waals surface area (Å²) < 4.78 is 2.31. The van der Waals surface area contributed by atoms with Crippen LogP contribution in [-0.4, -0.2) is 11.6 Å². The van der Waals surface area contributed by atoms with E-state index in [1.165, 1.54) is 28.2 Å². The molecule has 0 aliphatic rings. The molecule has 2 nitrogen and oxygen atoms in total. The number of benzene rings is 1. The van der Waals surface area contributed by atoms with E-state index in [1.807, 2.05) is 7.05 Å². The van der Waals surface area contributed by atoms with Gasteiger partial charge in [0.2, 0.25) is 0 Å². The monoisotopic (exact) mass is 228 g/mol. The summed E-state index contributed by atoms with van der Waals surface area (Å²) in [6.07, 6.45) is 0. The van der Waals surface area contributed by atoms with Gasteiger partial charge in [0, 0.05) is 23.6 Å². The molecule has 0 amide bonds. The third kappa shape index (κ3) is 2.27. The fraction of sp³-hybridized carbons (Fsp3) is 0.333. The fourth-order valence-electron chi connectivity index (χ4n) is 2.29. The molecule has 0 aliphatic heterocycles. The zero-order valence-corrected chi connectivity index (χ0v) is 11.0. The lowest BCUT2D eigenvalue weighted by molar-refractivity contribution is 0.807. The third-order valence-electron chi connectivity index (χ3n) is 3.20. The standard InChI is InChI=1S/C15H20N2/c1-11-5-7-15(8-6-11)17-12(2)9-14(10-16-4)13(17)3/h5-9,16H,10H2,1-4H3. The molecule has 1 aromatic heterocycles. The van der Waals surface area contributed by atoms with Crippen LogP contribution in [0.1, 0.15) is 22.5 Å². The molecule has 1 N–H and O–H groups in total. The molecule has 17 heavy (non-hydrogen) atoms. The Morgan fingerprint density at radius 2 is 1.71 bits per heavy atom. The summed E-state index contributed by atoms with van der Waals surface area (Å²) in [5.74, 6) is 0. The van der Waals surface area contributed by atoms with Crippen LogP contribution in [0.5, 0.6) is 0 Å². The minimum atomic E-state index is 0.922. The lowest BCUT2D eigenvalue weighted by Crippen LogP contribution is -2.06. The molecule has 2 heteroatoms. The number of rotatable bonds is 3. The number of hydrogen-bond donors (Lipinski definition) is 1. The minimum Gasteiger partial charge on any atom is -0.318 e. The van der Waals surface area contributed by atoms with E-state index in [2.05, 4.69) is 61.0 Å². The van der Waals surface area contributed by atoms with Gasteiger partial charge in [-0.1, -0.05) is 17.7 Å². The number of nitrogens with one attached hydrogen (secondary N) is 1. The summed E-state index contributed by atoms with van der Waals surface area (Å²) >= 11 is 0. The molecule has 1 heterocycles. The highest BCUT2D eigenvalue weighted by Gasteiger charge is 2.09. The van der Waals surface area contributed by atoms with Crippen molar-refractivity contribution in [1.82, 2.24) is 9.88 Å². The van der Waals surface area contributed by atoms with Crippen LogP contribution in [-0.2, 0) is 6.54 Å². The summed E-state index contributed by atoms with van der Waals surface area (Å²) in [5.41, 5.74) is 6.52. The van der Waals surface area contributed by atoms with Crippen LogP contribution in [0.4, 0.5) is 0 Å². The van der Waals surface area contributed by atoms with Gasteiger partial charge in [-0.15, -0.1) is 0 Å².